The molecule has 1 heterocycles. The summed E-state index contributed by atoms with van der Waals surface area (Å²) in [6.45, 7) is 2.08. The number of amides is 1. The van der Waals surface area contributed by atoms with Gasteiger partial charge in [0, 0.05) is 25.4 Å². The van der Waals surface area contributed by atoms with Crippen LogP contribution in [0.5, 0.6) is 0 Å². The predicted octanol–water partition coefficient (Wildman–Crippen LogP) is 1.56. The Morgan fingerprint density at radius 1 is 1.56 bits per heavy atom. The van der Waals surface area contributed by atoms with E-state index in [1.54, 1.807) is 0 Å². The summed E-state index contributed by atoms with van der Waals surface area (Å²) in [5.74, 6) is -0.472. The summed E-state index contributed by atoms with van der Waals surface area (Å²) in [6.07, 6.45) is 1.89. The maximum atomic E-state index is 13.4. The van der Waals surface area contributed by atoms with Crippen LogP contribution < -0.4 is 11.1 Å². The van der Waals surface area contributed by atoms with Crippen molar-refractivity contribution in [3.05, 3.63) is 29.6 Å². The molecule has 1 saturated heterocycles. The number of ether oxygens (including phenoxy) is 1. The standard InChI is InChI=1S/C13H17FN2O2/c14-12-2-1-10(15)7-11(12)13(17)16-5-3-9-4-6-18-8-9/h1-2,7,9H,3-6,8,15H2,(H,16,17). The Hall–Kier alpha value is -1.62. The fourth-order valence-electron chi connectivity index (χ4n) is 2.01. The first-order chi connectivity index (χ1) is 8.66. The average Bonchev–Trinajstić information content (AvgIpc) is 2.85. The highest BCUT2D eigenvalue weighted by Crippen LogP contribution is 2.16. The van der Waals surface area contributed by atoms with E-state index >= 15 is 0 Å². The Kier molecular flexibility index (Phi) is 4.15. The molecule has 1 amide bonds. The van der Waals surface area contributed by atoms with Crippen LogP contribution in [0.3, 0.4) is 0 Å². The molecule has 5 heteroatoms. The maximum Gasteiger partial charge on any atom is 0.254 e. The van der Waals surface area contributed by atoms with Gasteiger partial charge in [0.25, 0.3) is 5.91 Å². The number of nitrogen functional groups attached to an aromatic ring is 1. The van der Waals surface area contributed by atoms with Crippen molar-refractivity contribution in [2.75, 3.05) is 25.5 Å². The van der Waals surface area contributed by atoms with Crippen molar-refractivity contribution in [2.45, 2.75) is 12.8 Å². The Bertz CT molecular complexity index is 431. The highest BCUT2D eigenvalue weighted by atomic mass is 19.1. The van der Waals surface area contributed by atoms with Gasteiger partial charge in [-0.3, -0.25) is 4.79 Å². The van der Waals surface area contributed by atoms with Crippen LogP contribution >= 0.6 is 0 Å². The first-order valence-corrected chi connectivity index (χ1v) is 6.08. The average molecular weight is 252 g/mol. The van der Waals surface area contributed by atoms with Crippen molar-refractivity contribution < 1.29 is 13.9 Å². The second-order valence-electron chi connectivity index (χ2n) is 4.51. The molecule has 98 valence electrons. The molecule has 1 aromatic carbocycles. The van der Waals surface area contributed by atoms with Crippen molar-refractivity contribution in [2.24, 2.45) is 5.92 Å². The van der Waals surface area contributed by atoms with Gasteiger partial charge < -0.3 is 15.8 Å². The zero-order valence-corrected chi connectivity index (χ0v) is 10.1. The molecular formula is C13H17FN2O2. The summed E-state index contributed by atoms with van der Waals surface area (Å²) in [7, 11) is 0. The minimum Gasteiger partial charge on any atom is -0.399 e. The lowest BCUT2D eigenvalue weighted by Gasteiger charge is -2.09. The lowest BCUT2D eigenvalue weighted by Crippen LogP contribution is -2.27. The van der Waals surface area contributed by atoms with Crippen molar-refractivity contribution in [1.82, 2.24) is 5.32 Å². The van der Waals surface area contributed by atoms with Crippen LogP contribution in [0.4, 0.5) is 10.1 Å². The fraction of sp³-hybridized carbons (Fsp3) is 0.462. The van der Waals surface area contributed by atoms with Gasteiger partial charge in [-0.1, -0.05) is 0 Å². The topological polar surface area (TPSA) is 64.4 Å². The molecule has 1 fully saturated rings. The summed E-state index contributed by atoms with van der Waals surface area (Å²) in [5, 5.41) is 2.70. The molecule has 1 unspecified atom stereocenters. The van der Waals surface area contributed by atoms with E-state index in [0.29, 0.717) is 18.2 Å². The molecule has 4 nitrogen and oxygen atoms in total. The molecule has 2 rings (SSSR count). The van der Waals surface area contributed by atoms with Gasteiger partial charge in [-0.2, -0.15) is 0 Å². The summed E-state index contributed by atoms with van der Waals surface area (Å²) in [5.41, 5.74) is 5.91. The first kappa shape index (κ1) is 12.8. The first-order valence-electron chi connectivity index (χ1n) is 6.08. The minimum atomic E-state index is -0.550. The third-order valence-electron chi connectivity index (χ3n) is 3.10. The van der Waals surface area contributed by atoms with Gasteiger partial charge in [0.15, 0.2) is 0 Å². The molecule has 1 aromatic rings. The Labute approximate surface area is 105 Å². The van der Waals surface area contributed by atoms with Crippen LogP contribution in [-0.4, -0.2) is 25.7 Å². The SMILES string of the molecule is Nc1ccc(F)c(C(=O)NCCC2CCOC2)c1. The predicted molar refractivity (Wildman–Crippen MR) is 66.7 cm³/mol. The third-order valence-corrected chi connectivity index (χ3v) is 3.10. The number of carbonyl (C=O) groups excluding carboxylic acids is 1. The molecular weight excluding hydrogens is 235 g/mol. The zero-order chi connectivity index (χ0) is 13.0. The van der Waals surface area contributed by atoms with Gasteiger partial charge >= 0.3 is 0 Å². The van der Waals surface area contributed by atoms with Crippen molar-refractivity contribution in [3.8, 4) is 0 Å². The van der Waals surface area contributed by atoms with Crippen LogP contribution in [0.1, 0.15) is 23.2 Å². The van der Waals surface area contributed by atoms with E-state index in [1.165, 1.54) is 18.2 Å². The minimum absolute atomic E-state index is 0.00216. The second-order valence-corrected chi connectivity index (χ2v) is 4.51. The Morgan fingerprint density at radius 3 is 3.11 bits per heavy atom. The number of anilines is 1. The van der Waals surface area contributed by atoms with E-state index in [-0.39, 0.29) is 5.56 Å². The molecule has 1 aliphatic rings. The van der Waals surface area contributed by atoms with Gasteiger partial charge in [0.2, 0.25) is 0 Å². The summed E-state index contributed by atoms with van der Waals surface area (Å²) in [6, 6.07) is 3.99. The number of hydrogen-bond acceptors (Lipinski definition) is 3. The monoisotopic (exact) mass is 252 g/mol. The van der Waals surface area contributed by atoms with Crippen molar-refractivity contribution in [3.63, 3.8) is 0 Å². The summed E-state index contributed by atoms with van der Waals surface area (Å²) < 4.78 is 18.7. The van der Waals surface area contributed by atoms with Crippen molar-refractivity contribution in [1.29, 1.82) is 0 Å². The molecule has 18 heavy (non-hydrogen) atoms. The van der Waals surface area contributed by atoms with Crippen LogP contribution in [0.2, 0.25) is 0 Å². The number of nitrogens with two attached hydrogens (primary N) is 1. The van der Waals surface area contributed by atoms with Crippen molar-refractivity contribution >= 4 is 11.6 Å². The molecule has 1 atom stereocenters. The molecule has 0 bridgehead atoms. The molecule has 3 N–H and O–H groups in total. The molecule has 0 radical (unpaired) electrons. The molecule has 1 aliphatic heterocycles. The van der Waals surface area contributed by atoms with Gasteiger partial charge in [-0.05, 0) is 37.0 Å². The van der Waals surface area contributed by atoms with E-state index < -0.39 is 11.7 Å². The lowest BCUT2D eigenvalue weighted by atomic mass is 10.1. The number of rotatable bonds is 4. The van der Waals surface area contributed by atoms with E-state index in [4.69, 9.17) is 10.5 Å². The van der Waals surface area contributed by atoms with Crippen LogP contribution in [0.25, 0.3) is 0 Å². The number of nitrogens with one attached hydrogen (secondary N) is 1. The second kappa shape index (κ2) is 5.82. The van der Waals surface area contributed by atoms with Crippen LogP contribution in [0, 0.1) is 11.7 Å². The number of hydrogen-bond donors (Lipinski definition) is 2. The highest BCUT2D eigenvalue weighted by Gasteiger charge is 2.16. The quantitative estimate of drug-likeness (QED) is 0.799. The van der Waals surface area contributed by atoms with Crippen LogP contribution in [0.15, 0.2) is 18.2 Å². The summed E-state index contributed by atoms with van der Waals surface area (Å²) >= 11 is 0. The van der Waals surface area contributed by atoms with Gasteiger partial charge in [0.1, 0.15) is 5.82 Å². The van der Waals surface area contributed by atoms with E-state index in [2.05, 4.69) is 5.32 Å². The highest BCUT2D eigenvalue weighted by molar-refractivity contribution is 5.95. The van der Waals surface area contributed by atoms with Gasteiger partial charge in [0.05, 0.1) is 5.56 Å². The summed E-state index contributed by atoms with van der Waals surface area (Å²) in [4.78, 5) is 11.8. The Balaban J connectivity index is 1.85. The lowest BCUT2D eigenvalue weighted by molar-refractivity contribution is 0.0946. The molecule has 0 spiro atoms. The molecule has 0 aromatic heterocycles. The number of benzene rings is 1. The van der Waals surface area contributed by atoms with Crippen LogP contribution in [-0.2, 0) is 4.74 Å². The molecule has 0 aliphatic carbocycles. The molecule has 0 saturated carbocycles. The Morgan fingerprint density at radius 2 is 2.39 bits per heavy atom. The zero-order valence-electron chi connectivity index (χ0n) is 10.1. The largest absolute Gasteiger partial charge is 0.399 e. The van der Waals surface area contributed by atoms with E-state index in [9.17, 15) is 9.18 Å². The van der Waals surface area contributed by atoms with Gasteiger partial charge in [-0.25, -0.2) is 4.39 Å². The smallest absolute Gasteiger partial charge is 0.254 e. The maximum absolute atomic E-state index is 13.4. The van der Waals surface area contributed by atoms with E-state index in [1.807, 2.05) is 0 Å². The normalized spacial score (nSPS) is 18.8. The third kappa shape index (κ3) is 3.20. The van der Waals surface area contributed by atoms with E-state index in [0.717, 1.165) is 26.1 Å². The fourth-order valence-corrected chi connectivity index (χ4v) is 2.01. The number of halogens is 1. The van der Waals surface area contributed by atoms with Gasteiger partial charge in [-0.15, -0.1) is 0 Å². The number of carbonyl (C=O) groups is 1.